The molecular formula is C11H16ClN5O2. The van der Waals surface area contributed by atoms with E-state index in [-0.39, 0.29) is 12.0 Å². The lowest BCUT2D eigenvalue weighted by Crippen LogP contribution is -2.48. The highest BCUT2D eigenvalue weighted by Gasteiger charge is 2.23. The van der Waals surface area contributed by atoms with Gasteiger partial charge in [0.25, 0.3) is 0 Å². The first-order valence-corrected chi connectivity index (χ1v) is 6.42. The zero-order chi connectivity index (χ0) is 13.8. The smallest absolute Gasteiger partial charge is 0.245 e. The topological polar surface area (TPSA) is 80.2 Å². The van der Waals surface area contributed by atoms with E-state index in [4.69, 9.17) is 16.3 Å². The fraction of sp³-hybridized carbons (Fsp3) is 0.636. The maximum Gasteiger partial charge on any atom is 0.245 e. The van der Waals surface area contributed by atoms with Crippen molar-refractivity contribution in [3.8, 4) is 0 Å². The molecule has 104 valence electrons. The van der Waals surface area contributed by atoms with Crippen molar-refractivity contribution in [1.82, 2.24) is 20.5 Å². The minimum atomic E-state index is -0.0720. The number of rotatable bonds is 3. The molecule has 1 aliphatic heterocycles. The van der Waals surface area contributed by atoms with Crippen LogP contribution in [0.15, 0.2) is 0 Å². The molecule has 1 atom stereocenters. The Morgan fingerprint density at radius 3 is 3.05 bits per heavy atom. The molecule has 19 heavy (non-hydrogen) atoms. The average Bonchev–Trinajstić information content (AvgIpc) is 2.40. The molecule has 0 saturated carbocycles. The van der Waals surface area contributed by atoms with Crippen LogP contribution in [0.25, 0.3) is 0 Å². The molecule has 1 saturated heterocycles. The number of aromatic nitrogens is 3. The molecule has 0 spiro atoms. The van der Waals surface area contributed by atoms with E-state index in [9.17, 15) is 4.79 Å². The predicted molar refractivity (Wildman–Crippen MR) is 70.2 cm³/mol. The largest absolute Gasteiger partial charge is 0.373 e. The fourth-order valence-electron chi connectivity index (χ4n) is 1.80. The number of nitrogens with zero attached hydrogens (tertiary/aromatic N) is 4. The van der Waals surface area contributed by atoms with Crippen molar-refractivity contribution in [3.05, 3.63) is 10.8 Å². The van der Waals surface area contributed by atoms with Gasteiger partial charge in [0.05, 0.1) is 18.4 Å². The minimum Gasteiger partial charge on any atom is -0.373 e. The molecule has 1 fully saturated rings. The third-order valence-electron chi connectivity index (χ3n) is 2.79. The van der Waals surface area contributed by atoms with Gasteiger partial charge in [-0.15, -0.1) is 10.2 Å². The Hall–Kier alpha value is -1.47. The molecule has 0 bridgehead atoms. The third kappa shape index (κ3) is 3.74. The molecule has 2 heterocycles. The summed E-state index contributed by atoms with van der Waals surface area (Å²) in [6.45, 7) is 5.62. The number of hydrogen-bond donors (Lipinski definition) is 1. The first-order valence-electron chi connectivity index (χ1n) is 6.04. The number of morpholine rings is 1. The van der Waals surface area contributed by atoms with Crippen molar-refractivity contribution in [2.24, 2.45) is 0 Å². The first kappa shape index (κ1) is 14.0. The summed E-state index contributed by atoms with van der Waals surface area (Å²) in [5, 5.41) is 10.9. The number of carbonyl (C=O) groups excluding carboxylic acids is 1. The van der Waals surface area contributed by atoms with Crippen molar-refractivity contribution in [3.63, 3.8) is 0 Å². The summed E-state index contributed by atoms with van der Waals surface area (Å²) in [4.78, 5) is 17.2. The van der Waals surface area contributed by atoms with Crippen molar-refractivity contribution in [2.75, 3.05) is 31.1 Å². The molecule has 0 radical (unpaired) electrons. The Kier molecular flexibility index (Phi) is 4.49. The van der Waals surface area contributed by atoms with Gasteiger partial charge in [-0.05, 0) is 6.92 Å². The van der Waals surface area contributed by atoms with E-state index in [0.29, 0.717) is 43.0 Å². The van der Waals surface area contributed by atoms with Crippen LogP contribution in [-0.2, 0) is 9.53 Å². The van der Waals surface area contributed by atoms with Crippen molar-refractivity contribution in [2.45, 2.75) is 20.0 Å². The fourth-order valence-corrected chi connectivity index (χ4v) is 1.88. The molecule has 2 rings (SSSR count). The Morgan fingerprint density at radius 2 is 2.37 bits per heavy atom. The van der Waals surface area contributed by atoms with E-state index in [1.807, 2.05) is 4.90 Å². The summed E-state index contributed by atoms with van der Waals surface area (Å²) < 4.78 is 5.58. The second kappa shape index (κ2) is 6.12. The molecule has 1 unspecified atom stereocenters. The summed E-state index contributed by atoms with van der Waals surface area (Å²) in [6, 6.07) is 0. The zero-order valence-corrected chi connectivity index (χ0v) is 11.6. The standard InChI is InChI=1S/C11H16ClN5O2/c1-7-10(12)15-16-11(14-7)17-3-4-19-9(6-17)5-13-8(2)18/h9H,3-6H2,1-2H3,(H,13,18). The molecule has 0 aliphatic carbocycles. The lowest BCUT2D eigenvalue weighted by Gasteiger charge is -2.32. The summed E-state index contributed by atoms with van der Waals surface area (Å²) in [5.41, 5.74) is 0.650. The molecule has 1 aromatic rings. The Balaban J connectivity index is 2.00. The van der Waals surface area contributed by atoms with Crippen molar-refractivity contribution in [1.29, 1.82) is 0 Å². The lowest BCUT2D eigenvalue weighted by molar-refractivity contribution is -0.119. The number of nitrogens with one attached hydrogen (secondary N) is 1. The summed E-state index contributed by atoms with van der Waals surface area (Å²) >= 11 is 5.81. The Morgan fingerprint density at radius 1 is 1.58 bits per heavy atom. The van der Waals surface area contributed by atoms with Crippen LogP contribution < -0.4 is 10.2 Å². The first-order chi connectivity index (χ1) is 9.06. The van der Waals surface area contributed by atoms with E-state index in [1.54, 1.807) is 6.92 Å². The van der Waals surface area contributed by atoms with Crippen molar-refractivity contribution >= 4 is 23.5 Å². The van der Waals surface area contributed by atoms with Crippen LogP contribution in [0, 0.1) is 6.92 Å². The van der Waals surface area contributed by atoms with E-state index in [0.717, 1.165) is 0 Å². The highest BCUT2D eigenvalue weighted by atomic mass is 35.5. The highest BCUT2D eigenvalue weighted by Crippen LogP contribution is 2.15. The predicted octanol–water partition coefficient (Wildman–Crippen LogP) is 0.175. The Labute approximate surface area is 116 Å². The van der Waals surface area contributed by atoms with Crippen molar-refractivity contribution < 1.29 is 9.53 Å². The van der Waals surface area contributed by atoms with Gasteiger partial charge in [0.1, 0.15) is 0 Å². The minimum absolute atomic E-state index is 0.0685. The van der Waals surface area contributed by atoms with Crippen LogP contribution in [0.5, 0.6) is 0 Å². The number of anilines is 1. The molecule has 0 aromatic carbocycles. The average molecular weight is 286 g/mol. The normalized spacial score (nSPS) is 19.3. The summed E-state index contributed by atoms with van der Waals surface area (Å²) in [6.07, 6.45) is -0.0720. The van der Waals surface area contributed by atoms with E-state index >= 15 is 0 Å². The SMILES string of the molecule is CC(=O)NCC1CN(c2nnc(Cl)c(C)n2)CCO1. The van der Waals surface area contributed by atoms with Crippen LogP contribution in [-0.4, -0.2) is 53.4 Å². The van der Waals surface area contributed by atoms with Gasteiger partial charge in [0, 0.05) is 26.6 Å². The van der Waals surface area contributed by atoms with Gasteiger partial charge in [-0.2, -0.15) is 0 Å². The van der Waals surface area contributed by atoms with Gasteiger partial charge < -0.3 is 15.0 Å². The maximum absolute atomic E-state index is 10.9. The van der Waals surface area contributed by atoms with Gasteiger partial charge in [-0.1, -0.05) is 11.6 Å². The lowest BCUT2D eigenvalue weighted by atomic mass is 10.2. The number of carbonyl (C=O) groups is 1. The number of ether oxygens (including phenoxy) is 1. The summed E-state index contributed by atoms with van der Waals surface area (Å²) in [7, 11) is 0. The zero-order valence-electron chi connectivity index (χ0n) is 10.9. The number of amides is 1. The van der Waals surface area contributed by atoms with Crippen LogP contribution in [0.1, 0.15) is 12.6 Å². The third-order valence-corrected chi connectivity index (χ3v) is 3.14. The molecule has 1 aliphatic rings. The van der Waals surface area contributed by atoms with Crippen LogP contribution in [0.4, 0.5) is 5.95 Å². The van der Waals surface area contributed by atoms with E-state index in [2.05, 4.69) is 20.5 Å². The summed E-state index contributed by atoms with van der Waals surface area (Å²) in [5.74, 6) is 0.471. The molecule has 1 N–H and O–H groups in total. The molecular weight excluding hydrogens is 270 g/mol. The van der Waals surface area contributed by atoms with Gasteiger partial charge in [-0.3, -0.25) is 4.79 Å². The van der Waals surface area contributed by atoms with Gasteiger partial charge in [0.15, 0.2) is 5.15 Å². The number of aryl methyl sites for hydroxylation is 1. The number of halogens is 1. The second-order valence-corrected chi connectivity index (χ2v) is 4.72. The quantitative estimate of drug-likeness (QED) is 0.853. The van der Waals surface area contributed by atoms with Crippen LogP contribution >= 0.6 is 11.6 Å². The van der Waals surface area contributed by atoms with Gasteiger partial charge >= 0.3 is 0 Å². The second-order valence-electron chi connectivity index (χ2n) is 4.36. The monoisotopic (exact) mass is 285 g/mol. The molecule has 8 heteroatoms. The molecule has 1 aromatic heterocycles. The van der Waals surface area contributed by atoms with Crippen LogP contribution in [0.3, 0.4) is 0 Å². The van der Waals surface area contributed by atoms with Gasteiger partial charge in [0.2, 0.25) is 11.9 Å². The van der Waals surface area contributed by atoms with Crippen LogP contribution in [0.2, 0.25) is 5.15 Å². The highest BCUT2D eigenvalue weighted by molar-refractivity contribution is 6.29. The number of hydrogen-bond acceptors (Lipinski definition) is 6. The molecule has 7 nitrogen and oxygen atoms in total. The molecule has 1 amide bonds. The Bertz CT molecular complexity index is 470. The van der Waals surface area contributed by atoms with E-state index < -0.39 is 0 Å². The van der Waals surface area contributed by atoms with Gasteiger partial charge in [-0.25, -0.2) is 4.98 Å². The maximum atomic E-state index is 10.9. The van der Waals surface area contributed by atoms with E-state index in [1.165, 1.54) is 6.92 Å².